The van der Waals surface area contributed by atoms with Crippen molar-refractivity contribution in [3.05, 3.63) is 570 Å². The van der Waals surface area contributed by atoms with Gasteiger partial charge < -0.3 is 9.80 Å². The highest BCUT2D eigenvalue weighted by Gasteiger charge is 2.46. The molecule has 0 heterocycles. The van der Waals surface area contributed by atoms with E-state index >= 15 is 0 Å². The van der Waals surface area contributed by atoms with Gasteiger partial charge in [-0.25, -0.2) is 0 Å². The molecule has 0 aromatic heterocycles. The number of rotatable bonds is 24. The topological polar surface area (TPSA) is 6.48 Å². The molecule has 0 aliphatic heterocycles. The average Bonchev–Trinajstić information content (AvgIpc) is 0.795. The third kappa shape index (κ3) is 14.2. The lowest BCUT2D eigenvalue weighted by Gasteiger charge is -2.36. The van der Waals surface area contributed by atoms with Gasteiger partial charge in [-0.3, -0.25) is 0 Å². The van der Waals surface area contributed by atoms with E-state index in [0.29, 0.717) is 0 Å². The van der Waals surface area contributed by atoms with Crippen LogP contribution in [0.1, 0.15) is 0 Å². The van der Waals surface area contributed by atoms with Crippen LogP contribution >= 0.6 is 0 Å². The molecule has 0 aliphatic rings. The minimum absolute atomic E-state index is 1.04. The first-order valence-electron chi connectivity index (χ1n) is 45.8. The monoisotopic (exact) mass is 1750 g/mol. The highest BCUT2D eigenvalue weighted by molar-refractivity contribution is 7.22. The SMILES string of the molecule is c1ccc([Si](c2ccccc2)(c2ccccc2)c2ccc(N(c3ccccc3-c3cccc([Si](c4ccccc4)(c4ccccc4)c4ccccc4)c3)c3cc4c5ccccc5c(N(c5ccc([Si](c6ccccc6)(c6ccccc6)c6ccccc6)cc5)c5ccccc5-c5cccc([Si](c6ccccc6)(c6ccccc6)c6ccccc6)c5)cc4c4ccccc34)cc2)cc1. The summed E-state index contributed by atoms with van der Waals surface area (Å²) in [5.74, 6) is 0. The van der Waals surface area contributed by atoms with Crippen molar-refractivity contribution in [3.8, 4) is 22.3 Å². The second kappa shape index (κ2) is 36.0. The van der Waals surface area contributed by atoms with Crippen molar-refractivity contribution >= 4 is 182 Å². The fraction of sp³-hybridized carbons (Fsp3) is 0. The van der Waals surface area contributed by atoms with E-state index in [4.69, 9.17) is 0 Å². The van der Waals surface area contributed by atoms with E-state index in [9.17, 15) is 0 Å². The zero-order valence-electron chi connectivity index (χ0n) is 73.2. The van der Waals surface area contributed by atoms with E-state index in [1.807, 2.05) is 0 Å². The van der Waals surface area contributed by atoms with Crippen molar-refractivity contribution in [2.75, 3.05) is 9.80 Å². The Balaban J connectivity index is 0.793. The Morgan fingerprint density at radius 1 is 0.114 bits per heavy atom. The minimum atomic E-state index is -3.02. The molecule has 6 heteroatoms. The van der Waals surface area contributed by atoms with Crippen molar-refractivity contribution in [2.24, 2.45) is 0 Å². The average molecular weight is 1750 g/mol. The van der Waals surface area contributed by atoms with E-state index in [1.54, 1.807) is 0 Å². The Kier molecular flexibility index (Phi) is 22.3. The van der Waals surface area contributed by atoms with Gasteiger partial charge in [0.05, 0.1) is 22.7 Å². The van der Waals surface area contributed by atoms with Crippen LogP contribution in [0.25, 0.3) is 54.6 Å². The first kappa shape index (κ1) is 81.8. The van der Waals surface area contributed by atoms with Crippen LogP contribution in [0.5, 0.6) is 0 Å². The normalized spacial score (nSPS) is 11.8. The predicted molar refractivity (Wildman–Crippen MR) is 574 cm³/mol. The summed E-state index contributed by atoms with van der Waals surface area (Å²) < 4.78 is 0. The van der Waals surface area contributed by atoms with Crippen LogP contribution in [-0.4, -0.2) is 32.3 Å². The maximum absolute atomic E-state index is 3.02. The molecule has 0 radical (unpaired) electrons. The lowest BCUT2D eigenvalue weighted by Crippen LogP contribution is -2.74. The van der Waals surface area contributed by atoms with Gasteiger partial charge >= 0.3 is 0 Å². The number of hydrogen-bond donors (Lipinski definition) is 0. The summed E-state index contributed by atoms with van der Waals surface area (Å²) in [4.78, 5) is 5.19. The van der Waals surface area contributed by atoms with Crippen molar-refractivity contribution in [1.29, 1.82) is 0 Å². The molecule has 0 unspecified atom stereocenters. The first-order chi connectivity index (χ1) is 65.5. The van der Waals surface area contributed by atoms with Gasteiger partial charge in [0.1, 0.15) is 0 Å². The van der Waals surface area contributed by atoms with E-state index < -0.39 is 32.3 Å². The van der Waals surface area contributed by atoms with Crippen LogP contribution in [0.2, 0.25) is 0 Å². The number of hydrogen-bond acceptors (Lipinski definition) is 2. The summed E-state index contributed by atoms with van der Waals surface area (Å²) >= 11 is 0. The van der Waals surface area contributed by atoms with E-state index in [0.717, 1.165) is 88.7 Å². The summed E-state index contributed by atoms with van der Waals surface area (Å²) in [6.07, 6.45) is 0. The third-order valence-corrected chi connectivity index (χ3v) is 46.6. The molecule has 0 saturated carbocycles. The number of fused-ring (bicyclic) bond motifs is 5. The molecule has 624 valence electrons. The molecule has 0 fully saturated rings. The molecule has 0 spiro atoms. The summed E-state index contributed by atoms with van der Waals surface area (Å²) in [5, 5.41) is 27.9. The molecule has 0 saturated heterocycles. The molecule has 22 aromatic carbocycles. The Hall–Kier alpha value is -15.9. The zero-order valence-corrected chi connectivity index (χ0v) is 77.2. The standard InChI is InChI=1S/C126H94N2Si4/c1-13-49-99(50-14-1)129(100-51-15-2-16-52-100,101-53-17-3-18-54-101)111-87-83-97(84-88-111)127(123-81-43-41-75-115(123)95-47-45-73-113(91-95)131(105-61-25-7-26-62-105,106-63-27-8-28-64-106)107-65-29-9-30-66-107)125-93-121-118-78-38-40-80-120(118)126(94-122(121)117-77-37-39-79-119(117)125)128(98-85-89-112(90-86-98)130(102-55-19-4-20-56-102,103-57-21-5-22-58-103)104-59-23-6-24-60-104)124-82-44-42-76-116(124)96-48-46-74-114(92-96)132(108-67-31-10-32-68-108,109-69-33-11-34-70-109)110-71-35-12-36-72-110/h1-94H. The summed E-state index contributed by atoms with van der Waals surface area (Å²) in [6, 6.07) is 216. The molecule has 22 rings (SSSR count). The maximum atomic E-state index is 2.59. The number of para-hydroxylation sites is 2. The molecule has 0 N–H and O–H groups in total. The molecule has 0 amide bonds. The molecule has 0 atom stereocenters. The van der Waals surface area contributed by atoms with E-state index in [-0.39, 0.29) is 0 Å². The van der Waals surface area contributed by atoms with Gasteiger partial charge in [-0.2, -0.15) is 0 Å². The van der Waals surface area contributed by atoms with Crippen LogP contribution in [0.3, 0.4) is 0 Å². The Morgan fingerprint density at radius 2 is 0.295 bits per heavy atom. The fourth-order valence-corrected chi connectivity index (χ4v) is 40.8. The second-order valence-corrected chi connectivity index (χ2v) is 49.6. The number of anilines is 6. The number of nitrogens with zero attached hydrogens (tertiary/aromatic N) is 2. The molecule has 132 heavy (non-hydrogen) atoms. The third-order valence-electron chi connectivity index (χ3n) is 27.4. The van der Waals surface area contributed by atoms with Crippen molar-refractivity contribution in [3.63, 3.8) is 0 Å². The van der Waals surface area contributed by atoms with Gasteiger partial charge in [0.25, 0.3) is 0 Å². The van der Waals surface area contributed by atoms with Gasteiger partial charge in [0, 0.05) is 33.3 Å². The predicted octanol–water partition coefficient (Wildman–Crippen LogP) is 20.9. The van der Waals surface area contributed by atoms with Crippen molar-refractivity contribution in [1.82, 2.24) is 0 Å². The summed E-state index contributed by atoms with van der Waals surface area (Å²) in [7, 11) is -12.0. The number of benzene rings is 22. The lowest BCUT2D eigenvalue weighted by molar-refractivity contribution is 1.30. The highest BCUT2D eigenvalue weighted by atomic mass is 28.3. The molecule has 0 bridgehead atoms. The fourth-order valence-electron chi connectivity index (χ4n) is 21.7. The molecule has 22 aromatic rings. The Bertz CT molecular complexity index is 6910. The van der Waals surface area contributed by atoms with E-state index in [1.165, 1.54) is 83.0 Å². The first-order valence-corrected chi connectivity index (χ1v) is 53.8. The quantitative estimate of drug-likeness (QED) is 0.0338. The molecular formula is C126H94N2Si4. The largest absolute Gasteiger partial charge is 0.309 e. The van der Waals surface area contributed by atoms with Crippen LogP contribution in [-0.2, 0) is 0 Å². The van der Waals surface area contributed by atoms with Crippen molar-refractivity contribution < 1.29 is 0 Å². The van der Waals surface area contributed by atoms with Gasteiger partial charge in [-0.15, -0.1) is 0 Å². The lowest BCUT2D eigenvalue weighted by atomic mass is 9.92. The van der Waals surface area contributed by atoms with Crippen LogP contribution < -0.4 is 92.8 Å². The van der Waals surface area contributed by atoms with Gasteiger partial charge in [-0.1, -0.05) is 522 Å². The molecule has 2 nitrogen and oxygen atoms in total. The van der Waals surface area contributed by atoms with E-state index in [2.05, 4.69) is 580 Å². The van der Waals surface area contributed by atoms with Crippen LogP contribution in [0.4, 0.5) is 34.1 Å². The Labute approximate surface area is 778 Å². The van der Waals surface area contributed by atoms with Crippen molar-refractivity contribution in [2.45, 2.75) is 0 Å². The van der Waals surface area contributed by atoms with Gasteiger partial charge in [-0.05, 0) is 164 Å². The molecule has 0 aliphatic carbocycles. The summed E-state index contributed by atoms with van der Waals surface area (Å²) in [6.45, 7) is 0. The zero-order chi connectivity index (χ0) is 88.1. The summed E-state index contributed by atoms with van der Waals surface area (Å²) in [5.41, 5.74) is 10.8. The van der Waals surface area contributed by atoms with Gasteiger partial charge in [0.15, 0.2) is 32.3 Å². The smallest absolute Gasteiger partial charge is 0.179 e. The molecular weight excluding hydrogens is 1650 g/mol. The van der Waals surface area contributed by atoms with Gasteiger partial charge in [0.2, 0.25) is 0 Å². The maximum Gasteiger partial charge on any atom is 0.179 e. The Morgan fingerprint density at radius 3 is 0.530 bits per heavy atom. The highest BCUT2D eigenvalue weighted by Crippen LogP contribution is 2.51. The minimum Gasteiger partial charge on any atom is -0.309 e. The van der Waals surface area contributed by atoms with Crippen LogP contribution in [0, 0.1) is 0 Å². The van der Waals surface area contributed by atoms with Crippen LogP contribution in [0.15, 0.2) is 570 Å². The second-order valence-electron chi connectivity index (χ2n) is 34.3.